The molecule has 2 nitrogen and oxygen atoms in total. The summed E-state index contributed by atoms with van der Waals surface area (Å²) in [6.07, 6.45) is 2.76. The van der Waals surface area contributed by atoms with Gasteiger partial charge in [-0.3, -0.25) is 4.98 Å². The Hall–Kier alpha value is -0.710. The molecule has 0 saturated heterocycles. The van der Waals surface area contributed by atoms with Crippen LogP contribution in [-0.4, -0.2) is 11.5 Å². The van der Waals surface area contributed by atoms with Gasteiger partial charge in [0.25, 0.3) is 0 Å². The van der Waals surface area contributed by atoms with E-state index in [9.17, 15) is 0 Å². The second kappa shape index (κ2) is 7.17. The molecule has 4 heteroatoms. The summed E-state index contributed by atoms with van der Waals surface area (Å²) in [4.78, 5) is 4.49. The third-order valence-electron chi connectivity index (χ3n) is 2.90. The Morgan fingerprint density at radius 2 is 2.05 bits per heavy atom. The van der Waals surface area contributed by atoms with Crippen LogP contribution in [0.25, 0.3) is 0 Å². The summed E-state index contributed by atoms with van der Waals surface area (Å²) in [5.74, 6) is 0. The molecule has 1 aromatic heterocycles. The summed E-state index contributed by atoms with van der Waals surface area (Å²) in [5.41, 5.74) is 2.35. The van der Waals surface area contributed by atoms with Gasteiger partial charge in [-0.05, 0) is 58.7 Å². The highest BCUT2D eigenvalue weighted by molar-refractivity contribution is 9.10. The van der Waals surface area contributed by atoms with Crippen molar-refractivity contribution in [3.05, 3.63) is 62.8 Å². The Morgan fingerprint density at radius 3 is 2.74 bits per heavy atom. The first-order valence-electron chi connectivity index (χ1n) is 6.29. The van der Waals surface area contributed by atoms with E-state index in [4.69, 9.17) is 0 Å². The van der Waals surface area contributed by atoms with Gasteiger partial charge in [0.2, 0.25) is 0 Å². The molecule has 0 aliphatic carbocycles. The average Bonchev–Trinajstić information content (AvgIpc) is 2.39. The fourth-order valence-electron chi connectivity index (χ4n) is 2.07. The second-order valence-corrected chi connectivity index (χ2v) is 6.08. The molecule has 0 saturated carbocycles. The Bertz CT molecular complexity index is 543. The van der Waals surface area contributed by atoms with E-state index in [0.717, 1.165) is 27.6 Å². The number of aromatic nitrogens is 1. The van der Waals surface area contributed by atoms with Crippen LogP contribution in [0.15, 0.2) is 51.5 Å². The van der Waals surface area contributed by atoms with Crippen molar-refractivity contribution < 1.29 is 0 Å². The van der Waals surface area contributed by atoms with Crippen LogP contribution in [0, 0.1) is 0 Å². The van der Waals surface area contributed by atoms with Crippen LogP contribution >= 0.6 is 31.9 Å². The highest BCUT2D eigenvalue weighted by Crippen LogP contribution is 2.24. The fraction of sp³-hybridized carbons (Fsp3) is 0.267. The molecule has 0 amide bonds. The summed E-state index contributed by atoms with van der Waals surface area (Å²) < 4.78 is 2.16. The molecule has 19 heavy (non-hydrogen) atoms. The molecule has 0 spiro atoms. The Balaban J connectivity index is 2.24. The minimum absolute atomic E-state index is 0.217. The van der Waals surface area contributed by atoms with Crippen LogP contribution < -0.4 is 5.32 Å². The quantitative estimate of drug-likeness (QED) is 0.822. The number of hydrogen-bond donors (Lipinski definition) is 1. The number of likely N-dealkylation sites (N-methyl/N-ethyl adjacent to an activating group) is 1. The van der Waals surface area contributed by atoms with Crippen LogP contribution in [0.5, 0.6) is 0 Å². The van der Waals surface area contributed by atoms with Gasteiger partial charge in [0, 0.05) is 15.1 Å². The van der Waals surface area contributed by atoms with Crippen molar-refractivity contribution in [2.75, 3.05) is 6.54 Å². The van der Waals surface area contributed by atoms with E-state index < -0.39 is 0 Å². The molecule has 2 aromatic rings. The zero-order chi connectivity index (χ0) is 13.7. The molecule has 0 aliphatic heterocycles. The zero-order valence-electron chi connectivity index (χ0n) is 10.7. The first-order valence-corrected chi connectivity index (χ1v) is 7.87. The number of rotatable bonds is 5. The molecule has 0 aliphatic rings. The summed E-state index contributed by atoms with van der Waals surface area (Å²) in [7, 11) is 0. The largest absolute Gasteiger partial charge is 0.309 e. The lowest BCUT2D eigenvalue weighted by molar-refractivity contribution is 0.534. The van der Waals surface area contributed by atoms with Gasteiger partial charge >= 0.3 is 0 Å². The van der Waals surface area contributed by atoms with Crippen molar-refractivity contribution in [2.45, 2.75) is 19.4 Å². The number of pyridine rings is 1. The molecule has 100 valence electrons. The topological polar surface area (TPSA) is 24.9 Å². The second-order valence-electron chi connectivity index (χ2n) is 4.31. The van der Waals surface area contributed by atoms with E-state index in [1.54, 1.807) is 0 Å². The molecule has 2 rings (SSSR count). The molecule has 0 fully saturated rings. The Morgan fingerprint density at radius 1 is 1.21 bits per heavy atom. The van der Waals surface area contributed by atoms with Crippen molar-refractivity contribution in [1.29, 1.82) is 0 Å². The monoisotopic (exact) mass is 382 g/mol. The molecular formula is C15H16Br2N2. The van der Waals surface area contributed by atoms with Crippen LogP contribution in [-0.2, 0) is 6.42 Å². The van der Waals surface area contributed by atoms with E-state index in [2.05, 4.69) is 67.3 Å². The molecular weight excluding hydrogens is 368 g/mol. The van der Waals surface area contributed by atoms with E-state index in [1.807, 2.05) is 24.4 Å². The van der Waals surface area contributed by atoms with E-state index in [0.29, 0.717) is 0 Å². The maximum absolute atomic E-state index is 4.49. The van der Waals surface area contributed by atoms with Crippen LogP contribution in [0.3, 0.4) is 0 Å². The summed E-state index contributed by atoms with van der Waals surface area (Å²) in [5, 5.41) is 3.50. The normalized spacial score (nSPS) is 12.4. The maximum Gasteiger partial charge on any atom is 0.0718 e. The minimum atomic E-state index is 0.217. The highest BCUT2D eigenvalue weighted by atomic mass is 79.9. The molecule has 1 unspecified atom stereocenters. The van der Waals surface area contributed by atoms with Crippen LogP contribution in [0.2, 0.25) is 0 Å². The lowest BCUT2D eigenvalue weighted by Crippen LogP contribution is -2.24. The highest BCUT2D eigenvalue weighted by Gasteiger charge is 2.15. The van der Waals surface area contributed by atoms with Gasteiger partial charge in [-0.25, -0.2) is 0 Å². The van der Waals surface area contributed by atoms with Crippen molar-refractivity contribution >= 4 is 31.9 Å². The average molecular weight is 384 g/mol. The maximum atomic E-state index is 4.49. The lowest BCUT2D eigenvalue weighted by atomic mass is 10.0. The molecule has 1 N–H and O–H groups in total. The number of nitrogens with one attached hydrogen (secondary N) is 1. The van der Waals surface area contributed by atoms with Gasteiger partial charge in [-0.15, -0.1) is 0 Å². The smallest absolute Gasteiger partial charge is 0.0718 e. The zero-order valence-corrected chi connectivity index (χ0v) is 13.9. The molecule has 1 aromatic carbocycles. The van der Waals surface area contributed by atoms with Gasteiger partial charge in [0.1, 0.15) is 0 Å². The molecule has 0 radical (unpaired) electrons. The van der Waals surface area contributed by atoms with E-state index in [-0.39, 0.29) is 6.04 Å². The van der Waals surface area contributed by atoms with Crippen molar-refractivity contribution in [3.8, 4) is 0 Å². The number of benzene rings is 1. The fourth-order valence-corrected chi connectivity index (χ4v) is 3.04. The van der Waals surface area contributed by atoms with Crippen molar-refractivity contribution in [1.82, 2.24) is 10.3 Å². The van der Waals surface area contributed by atoms with Crippen molar-refractivity contribution in [2.24, 2.45) is 0 Å². The number of nitrogens with zero attached hydrogens (tertiary/aromatic N) is 1. The predicted octanol–water partition coefficient (Wildman–Crippen LogP) is 4.50. The molecule has 1 heterocycles. The minimum Gasteiger partial charge on any atom is -0.309 e. The van der Waals surface area contributed by atoms with Gasteiger partial charge in [-0.2, -0.15) is 0 Å². The number of halogens is 2. The first-order chi connectivity index (χ1) is 9.20. The Kier molecular flexibility index (Phi) is 5.55. The van der Waals surface area contributed by atoms with Gasteiger partial charge in [-0.1, -0.05) is 35.0 Å². The summed E-state index contributed by atoms with van der Waals surface area (Å²) in [6, 6.07) is 12.6. The first kappa shape index (κ1) is 14.7. The lowest BCUT2D eigenvalue weighted by Gasteiger charge is -2.18. The van der Waals surface area contributed by atoms with Gasteiger partial charge in [0.15, 0.2) is 0 Å². The van der Waals surface area contributed by atoms with Crippen LogP contribution in [0.1, 0.15) is 24.2 Å². The van der Waals surface area contributed by atoms with Gasteiger partial charge < -0.3 is 5.32 Å². The standard InChI is InChI=1S/C15H16Br2N2/c1-2-18-14(15-13(17)7-4-8-19-15)10-11-5-3-6-12(16)9-11/h3-9,14,18H,2,10H2,1H3. The summed E-state index contributed by atoms with van der Waals surface area (Å²) in [6.45, 7) is 3.03. The van der Waals surface area contributed by atoms with Gasteiger partial charge in [0.05, 0.1) is 11.7 Å². The van der Waals surface area contributed by atoms with E-state index in [1.165, 1.54) is 5.56 Å². The number of hydrogen-bond acceptors (Lipinski definition) is 2. The third-order valence-corrected chi connectivity index (χ3v) is 4.06. The molecule has 1 atom stereocenters. The van der Waals surface area contributed by atoms with Crippen molar-refractivity contribution in [3.63, 3.8) is 0 Å². The SMILES string of the molecule is CCNC(Cc1cccc(Br)c1)c1ncccc1Br. The molecule has 0 bridgehead atoms. The predicted molar refractivity (Wildman–Crippen MR) is 86.2 cm³/mol. The van der Waals surface area contributed by atoms with E-state index >= 15 is 0 Å². The third kappa shape index (κ3) is 4.13. The summed E-state index contributed by atoms with van der Waals surface area (Å²) >= 11 is 7.10. The Labute approximate surface area is 130 Å². The van der Waals surface area contributed by atoms with Crippen LogP contribution in [0.4, 0.5) is 0 Å².